The lowest BCUT2D eigenvalue weighted by Crippen LogP contribution is -2.44. The molecule has 1 unspecified atom stereocenters. The molecule has 132 valence electrons. The summed E-state index contributed by atoms with van der Waals surface area (Å²) in [6.07, 6.45) is 1.66. The normalized spacial score (nSPS) is 13.5. The van der Waals surface area contributed by atoms with Gasteiger partial charge < -0.3 is 14.1 Å². The Morgan fingerprint density at radius 1 is 1.42 bits per heavy atom. The molecule has 0 aromatic carbocycles. The second-order valence-corrected chi connectivity index (χ2v) is 7.22. The molecule has 0 aliphatic carbocycles. The topological polar surface area (TPSA) is 58.6 Å². The van der Waals surface area contributed by atoms with E-state index in [2.05, 4.69) is 4.57 Å². The van der Waals surface area contributed by atoms with Crippen molar-refractivity contribution in [3.63, 3.8) is 0 Å². The van der Waals surface area contributed by atoms with Gasteiger partial charge >= 0.3 is 0 Å². The summed E-state index contributed by atoms with van der Waals surface area (Å²) in [7, 11) is 1.86. The zero-order valence-electron chi connectivity index (χ0n) is 15.5. The standard InChI is InChI=1S/C19H28N2O3/c1-13-10-17(14(2)21(13)11-16-8-7-9-24-16)18(22)15(3)20(6)12-19(4,5)23/h7-10,15,23H,11-12H2,1-6H3. The number of aromatic nitrogens is 1. The maximum atomic E-state index is 12.9. The van der Waals surface area contributed by atoms with Crippen LogP contribution in [0.4, 0.5) is 0 Å². The number of furan rings is 1. The van der Waals surface area contributed by atoms with Crippen molar-refractivity contribution in [2.45, 2.75) is 52.8 Å². The summed E-state index contributed by atoms with van der Waals surface area (Å²) in [5.41, 5.74) is 1.87. The van der Waals surface area contributed by atoms with E-state index in [0.29, 0.717) is 13.1 Å². The van der Waals surface area contributed by atoms with E-state index < -0.39 is 5.60 Å². The second kappa shape index (κ2) is 6.95. The lowest BCUT2D eigenvalue weighted by Gasteiger charge is -2.29. The van der Waals surface area contributed by atoms with Gasteiger partial charge in [-0.25, -0.2) is 0 Å². The van der Waals surface area contributed by atoms with Crippen molar-refractivity contribution in [1.29, 1.82) is 0 Å². The van der Waals surface area contributed by atoms with Gasteiger partial charge in [0.05, 0.1) is 24.5 Å². The van der Waals surface area contributed by atoms with Crippen molar-refractivity contribution in [2.75, 3.05) is 13.6 Å². The maximum Gasteiger partial charge on any atom is 0.181 e. The van der Waals surface area contributed by atoms with E-state index >= 15 is 0 Å². The van der Waals surface area contributed by atoms with Crippen molar-refractivity contribution in [1.82, 2.24) is 9.47 Å². The number of ketones is 1. The molecule has 1 atom stereocenters. The average molecular weight is 332 g/mol. The second-order valence-electron chi connectivity index (χ2n) is 7.22. The molecule has 24 heavy (non-hydrogen) atoms. The van der Waals surface area contributed by atoms with Crippen LogP contribution in [0.3, 0.4) is 0 Å². The van der Waals surface area contributed by atoms with Crippen LogP contribution in [-0.4, -0.2) is 45.6 Å². The van der Waals surface area contributed by atoms with Crippen LogP contribution in [-0.2, 0) is 6.54 Å². The zero-order valence-corrected chi connectivity index (χ0v) is 15.5. The highest BCUT2D eigenvalue weighted by Gasteiger charge is 2.27. The minimum absolute atomic E-state index is 0.0699. The molecule has 5 heteroatoms. The third-order valence-corrected chi connectivity index (χ3v) is 4.41. The molecule has 1 N–H and O–H groups in total. The molecule has 2 aromatic heterocycles. The van der Waals surface area contributed by atoms with Crippen LogP contribution in [0.15, 0.2) is 28.9 Å². The monoisotopic (exact) mass is 332 g/mol. The Hall–Kier alpha value is -1.85. The molecule has 0 fully saturated rings. The van der Waals surface area contributed by atoms with E-state index in [1.165, 1.54) is 0 Å². The highest BCUT2D eigenvalue weighted by Crippen LogP contribution is 2.20. The van der Waals surface area contributed by atoms with Gasteiger partial charge in [0.2, 0.25) is 0 Å². The Balaban J connectivity index is 2.21. The fourth-order valence-electron chi connectivity index (χ4n) is 3.02. The van der Waals surface area contributed by atoms with Gasteiger partial charge in [-0.2, -0.15) is 0 Å². The molecule has 0 spiro atoms. The first-order valence-corrected chi connectivity index (χ1v) is 8.26. The predicted octanol–water partition coefficient (Wildman–Crippen LogP) is 3.02. The Labute approximate surface area is 143 Å². The van der Waals surface area contributed by atoms with Gasteiger partial charge in [-0.15, -0.1) is 0 Å². The lowest BCUT2D eigenvalue weighted by molar-refractivity contribution is 0.0329. The number of aliphatic hydroxyl groups is 1. The number of carbonyl (C=O) groups is 1. The number of nitrogens with zero attached hydrogens (tertiary/aromatic N) is 2. The fraction of sp³-hybridized carbons (Fsp3) is 0.526. The molecule has 2 rings (SSSR count). The molecule has 0 aliphatic rings. The van der Waals surface area contributed by atoms with Gasteiger partial charge in [0.1, 0.15) is 5.76 Å². The number of carbonyl (C=O) groups excluding carboxylic acids is 1. The van der Waals surface area contributed by atoms with Crippen molar-refractivity contribution in [3.05, 3.63) is 47.2 Å². The Kier molecular flexibility index (Phi) is 5.35. The van der Waals surface area contributed by atoms with Crippen molar-refractivity contribution in [2.24, 2.45) is 0 Å². The van der Waals surface area contributed by atoms with Crippen molar-refractivity contribution >= 4 is 5.78 Å². The van der Waals surface area contributed by atoms with Gasteiger partial charge in [0.25, 0.3) is 0 Å². The summed E-state index contributed by atoms with van der Waals surface area (Å²) in [6, 6.07) is 5.44. The van der Waals surface area contributed by atoms with Gasteiger partial charge in [0.15, 0.2) is 5.78 Å². The molecule has 2 aromatic rings. The average Bonchev–Trinajstić information content (AvgIpc) is 3.07. The first kappa shape index (κ1) is 18.5. The first-order valence-electron chi connectivity index (χ1n) is 8.26. The fourth-order valence-corrected chi connectivity index (χ4v) is 3.02. The maximum absolute atomic E-state index is 12.9. The van der Waals surface area contributed by atoms with E-state index in [4.69, 9.17) is 4.42 Å². The molecular formula is C19H28N2O3. The number of Topliss-reactive ketones (excluding diaryl/α,β-unsaturated/α-hetero) is 1. The first-order chi connectivity index (χ1) is 11.1. The number of likely N-dealkylation sites (N-methyl/N-ethyl adjacent to an activating group) is 1. The van der Waals surface area contributed by atoms with Crippen LogP contribution >= 0.6 is 0 Å². The molecule has 0 saturated heterocycles. The summed E-state index contributed by atoms with van der Waals surface area (Å²) >= 11 is 0. The molecule has 0 radical (unpaired) electrons. The predicted molar refractivity (Wildman–Crippen MR) is 94.4 cm³/mol. The zero-order chi connectivity index (χ0) is 18.1. The molecule has 0 bridgehead atoms. The molecule has 0 aliphatic heterocycles. The van der Waals surface area contributed by atoms with Gasteiger partial charge in [-0.05, 0) is 59.9 Å². The van der Waals surface area contributed by atoms with Gasteiger partial charge in [0, 0.05) is 23.5 Å². The minimum Gasteiger partial charge on any atom is -0.467 e. The smallest absolute Gasteiger partial charge is 0.181 e. The van der Waals surface area contributed by atoms with Crippen LogP contribution in [0.25, 0.3) is 0 Å². The van der Waals surface area contributed by atoms with Crippen LogP contribution in [0.2, 0.25) is 0 Å². The minimum atomic E-state index is -0.834. The molecule has 5 nitrogen and oxygen atoms in total. The quantitative estimate of drug-likeness (QED) is 0.792. The molecule has 0 amide bonds. The summed E-state index contributed by atoms with van der Waals surface area (Å²) in [5, 5.41) is 9.97. The van der Waals surface area contributed by atoms with E-state index in [1.807, 2.05) is 50.9 Å². The van der Waals surface area contributed by atoms with E-state index in [0.717, 1.165) is 22.7 Å². The van der Waals surface area contributed by atoms with Crippen molar-refractivity contribution < 1.29 is 14.3 Å². The van der Waals surface area contributed by atoms with Gasteiger partial charge in [-0.3, -0.25) is 9.69 Å². The molecular weight excluding hydrogens is 304 g/mol. The summed E-state index contributed by atoms with van der Waals surface area (Å²) < 4.78 is 7.51. The van der Waals surface area contributed by atoms with Crippen LogP contribution in [0.1, 0.15) is 48.3 Å². The lowest BCUT2D eigenvalue weighted by atomic mass is 10.0. The van der Waals surface area contributed by atoms with E-state index in [1.54, 1.807) is 20.1 Å². The Morgan fingerprint density at radius 3 is 2.62 bits per heavy atom. The van der Waals surface area contributed by atoms with E-state index in [9.17, 15) is 9.90 Å². The Morgan fingerprint density at radius 2 is 2.08 bits per heavy atom. The number of hydrogen-bond acceptors (Lipinski definition) is 4. The highest BCUT2D eigenvalue weighted by molar-refractivity contribution is 6.01. The number of hydrogen-bond donors (Lipinski definition) is 1. The van der Waals surface area contributed by atoms with Crippen LogP contribution in [0.5, 0.6) is 0 Å². The van der Waals surface area contributed by atoms with Crippen LogP contribution in [0, 0.1) is 13.8 Å². The largest absolute Gasteiger partial charge is 0.467 e. The Bertz CT molecular complexity index is 693. The summed E-state index contributed by atoms with van der Waals surface area (Å²) in [5.74, 6) is 0.934. The highest BCUT2D eigenvalue weighted by atomic mass is 16.3. The summed E-state index contributed by atoms with van der Waals surface area (Å²) in [6.45, 7) is 10.4. The summed E-state index contributed by atoms with van der Waals surface area (Å²) in [4.78, 5) is 14.8. The van der Waals surface area contributed by atoms with Crippen molar-refractivity contribution in [3.8, 4) is 0 Å². The number of aryl methyl sites for hydroxylation is 1. The van der Waals surface area contributed by atoms with E-state index in [-0.39, 0.29) is 11.8 Å². The molecule has 2 heterocycles. The number of rotatable bonds is 7. The third-order valence-electron chi connectivity index (χ3n) is 4.41. The third kappa shape index (κ3) is 4.16. The van der Waals surface area contributed by atoms with Crippen LogP contribution < -0.4 is 0 Å². The van der Waals surface area contributed by atoms with Gasteiger partial charge in [-0.1, -0.05) is 0 Å². The molecule has 0 saturated carbocycles. The SMILES string of the molecule is Cc1cc(C(=O)C(C)N(C)CC(C)(C)O)c(C)n1Cc1ccco1.